The van der Waals surface area contributed by atoms with E-state index in [1.165, 1.54) is 17.1 Å². The first-order valence-corrected chi connectivity index (χ1v) is 3.73. The van der Waals surface area contributed by atoms with E-state index in [9.17, 15) is 4.57 Å². The van der Waals surface area contributed by atoms with Gasteiger partial charge in [0.1, 0.15) is 0 Å². The summed E-state index contributed by atoms with van der Waals surface area (Å²) in [7, 11) is -2.56. The molecule has 56 valence electrons. The van der Waals surface area contributed by atoms with Gasteiger partial charge in [0.05, 0.1) is 4.73 Å². The molecule has 1 unspecified atom stereocenters. The predicted octanol–water partition coefficient (Wildman–Crippen LogP) is -0.103. The maximum absolute atomic E-state index is 10.1. The van der Waals surface area contributed by atoms with Crippen molar-refractivity contribution in [2.45, 2.75) is 0 Å². The van der Waals surface area contributed by atoms with Gasteiger partial charge in [-0.25, -0.2) is 0 Å². The number of hydrogen-bond donors (Lipinski definition) is 1. The van der Waals surface area contributed by atoms with E-state index in [1.54, 1.807) is 18.2 Å². The van der Waals surface area contributed by atoms with Gasteiger partial charge < -0.3 is 2.85 Å². The van der Waals surface area contributed by atoms with Crippen molar-refractivity contribution in [1.29, 1.82) is 0 Å². The Morgan fingerprint density at radius 2 is 1.91 bits per heavy atom. The first kappa shape index (κ1) is 11.3. The first-order valence-electron chi connectivity index (χ1n) is 2.60. The summed E-state index contributed by atoms with van der Waals surface area (Å²) in [6.45, 7) is 0. The van der Waals surface area contributed by atoms with Crippen LogP contribution in [0.5, 0.6) is 0 Å². The fourth-order valence-electron chi connectivity index (χ4n) is 0.518. The maximum atomic E-state index is 10.1. The van der Waals surface area contributed by atoms with E-state index in [1.807, 2.05) is 0 Å². The van der Waals surface area contributed by atoms with E-state index < -0.39 is 8.25 Å². The number of aromatic nitrogens is 1. The van der Waals surface area contributed by atoms with Crippen LogP contribution >= 0.6 is 8.25 Å². The molecular weight excluding hydrogens is 193 g/mol. The molecule has 11 heavy (non-hydrogen) atoms. The molecule has 0 saturated carbocycles. The van der Waals surface area contributed by atoms with Gasteiger partial charge in [-0.3, -0.25) is 0 Å². The van der Waals surface area contributed by atoms with Gasteiger partial charge in [0, 0.05) is 21.3 Å². The summed E-state index contributed by atoms with van der Waals surface area (Å²) in [5.74, 6) is 0. The molecule has 1 atom stereocenters. The van der Waals surface area contributed by atoms with Crippen LogP contribution in [0.1, 0.15) is 2.85 Å². The molecule has 0 radical (unpaired) electrons. The molecule has 0 spiro atoms. The molecule has 0 aliphatic heterocycles. The zero-order valence-corrected chi connectivity index (χ0v) is 8.85. The van der Waals surface area contributed by atoms with E-state index in [-0.39, 0.29) is 40.6 Å². The monoisotopic (exact) mass is 201 g/mol. The van der Waals surface area contributed by atoms with Crippen LogP contribution in [-0.2, 0) is 4.57 Å². The molecule has 4 nitrogen and oxygen atoms in total. The molecule has 0 fully saturated rings. The number of rotatable bonds is 2. The largest absolute Gasteiger partial charge is 2.00 e. The number of hydrogen-bond acceptors (Lipinski definition) is 2. The average Bonchev–Trinajstić information content (AvgIpc) is 1.88. The quantitative estimate of drug-likeness (QED) is 0.413. The Balaban J connectivity index is -0.000000333. The molecule has 1 rings (SSSR count). The van der Waals surface area contributed by atoms with Crippen molar-refractivity contribution < 1.29 is 21.7 Å². The molecule has 1 aromatic heterocycles. The van der Waals surface area contributed by atoms with Crippen molar-refractivity contribution >= 4 is 46.0 Å². The molecule has 0 saturated heterocycles. The van der Waals surface area contributed by atoms with Crippen molar-refractivity contribution in [2.75, 3.05) is 0 Å². The van der Waals surface area contributed by atoms with Crippen LogP contribution < -0.4 is 9.35 Å². The third kappa shape index (κ3) is 4.67. The van der Waals surface area contributed by atoms with Gasteiger partial charge >= 0.3 is 46.0 Å². The SMILES string of the molecule is O=[P+](O)O[n+]1ccccc1.[Ca+2].[H-].[H-]. The normalized spacial score (nSPS) is 9.73. The van der Waals surface area contributed by atoms with Gasteiger partial charge in [-0.15, -0.1) is 4.89 Å². The van der Waals surface area contributed by atoms with E-state index >= 15 is 0 Å². The van der Waals surface area contributed by atoms with Gasteiger partial charge in [0.25, 0.3) is 0 Å². The topological polar surface area (TPSA) is 50.4 Å². The van der Waals surface area contributed by atoms with Crippen LogP contribution in [0.15, 0.2) is 30.6 Å². The third-order valence-corrected chi connectivity index (χ3v) is 1.18. The average molecular weight is 201 g/mol. The second-order valence-electron chi connectivity index (χ2n) is 1.55. The molecule has 0 amide bonds. The summed E-state index contributed by atoms with van der Waals surface area (Å²) >= 11 is 0. The Morgan fingerprint density at radius 1 is 1.36 bits per heavy atom. The number of nitrogens with zero attached hydrogens (tertiary/aromatic N) is 1. The fraction of sp³-hybridized carbons (Fsp3) is 0. The third-order valence-electron chi connectivity index (χ3n) is 0.852. The molecular formula is C5H8CaNO3P+2. The minimum absolute atomic E-state index is 0. The Kier molecular flexibility index (Phi) is 6.01. The molecule has 1 heterocycles. The Hall–Kier alpha value is 0.270. The van der Waals surface area contributed by atoms with Gasteiger partial charge in [-0.2, -0.15) is 0 Å². The summed E-state index contributed by atoms with van der Waals surface area (Å²) in [6.07, 6.45) is 3.06. The second kappa shape index (κ2) is 5.86. The Bertz CT molecular complexity index is 238. The smallest absolute Gasteiger partial charge is 1.00 e. The van der Waals surface area contributed by atoms with Crippen molar-refractivity contribution in [2.24, 2.45) is 0 Å². The van der Waals surface area contributed by atoms with E-state index in [2.05, 4.69) is 4.62 Å². The van der Waals surface area contributed by atoms with Crippen LogP contribution in [-0.4, -0.2) is 42.6 Å². The van der Waals surface area contributed by atoms with Crippen LogP contribution in [0.2, 0.25) is 0 Å². The van der Waals surface area contributed by atoms with Crippen LogP contribution in [0.25, 0.3) is 0 Å². The molecule has 0 aromatic carbocycles. The van der Waals surface area contributed by atoms with Gasteiger partial charge in [0.2, 0.25) is 12.4 Å². The molecule has 0 aliphatic rings. The molecule has 1 aromatic rings. The van der Waals surface area contributed by atoms with Crippen LogP contribution in [0.3, 0.4) is 0 Å². The summed E-state index contributed by atoms with van der Waals surface area (Å²) in [5.41, 5.74) is 0. The summed E-state index contributed by atoms with van der Waals surface area (Å²) in [4.78, 5) is 8.27. The molecule has 6 heteroatoms. The predicted molar refractivity (Wildman–Crippen MR) is 41.0 cm³/mol. The van der Waals surface area contributed by atoms with Crippen molar-refractivity contribution in [3.63, 3.8) is 0 Å². The van der Waals surface area contributed by atoms with Crippen molar-refractivity contribution in [3.05, 3.63) is 30.6 Å². The van der Waals surface area contributed by atoms with Gasteiger partial charge in [-0.1, -0.05) is 6.07 Å². The zero-order chi connectivity index (χ0) is 7.40. The Morgan fingerprint density at radius 3 is 2.36 bits per heavy atom. The standard InChI is InChI=1S/C5H5NO3P.Ca.2H/c7-10(8)9-6-4-2-1-3-5-6;;;/h1-5H;;;/q+1;+2;2*-1/p+1. The zero-order valence-electron chi connectivity index (χ0n) is 7.75. The van der Waals surface area contributed by atoms with E-state index in [4.69, 9.17) is 4.89 Å². The van der Waals surface area contributed by atoms with E-state index in [0.29, 0.717) is 0 Å². The van der Waals surface area contributed by atoms with Gasteiger partial charge in [0.15, 0.2) is 0 Å². The molecule has 0 aliphatic carbocycles. The van der Waals surface area contributed by atoms with Crippen molar-refractivity contribution in [3.8, 4) is 0 Å². The molecule has 0 bridgehead atoms. The fourth-order valence-corrected chi connectivity index (χ4v) is 0.788. The number of pyridine rings is 1. The van der Waals surface area contributed by atoms with E-state index in [0.717, 1.165) is 0 Å². The van der Waals surface area contributed by atoms with Crippen molar-refractivity contribution in [1.82, 2.24) is 0 Å². The minimum Gasteiger partial charge on any atom is -1.00 e. The summed E-state index contributed by atoms with van der Waals surface area (Å²) in [6, 6.07) is 5.17. The van der Waals surface area contributed by atoms with Gasteiger partial charge in [-0.05, 0) is 0 Å². The summed E-state index contributed by atoms with van der Waals surface area (Å²) in [5, 5.41) is 0. The Labute approximate surface area is 97.7 Å². The second-order valence-corrected chi connectivity index (χ2v) is 2.19. The van der Waals surface area contributed by atoms with Crippen LogP contribution in [0.4, 0.5) is 0 Å². The van der Waals surface area contributed by atoms with Crippen LogP contribution in [0, 0.1) is 0 Å². The first-order chi connectivity index (χ1) is 4.79. The minimum atomic E-state index is -2.56. The summed E-state index contributed by atoms with van der Waals surface area (Å²) < 4.78 is 15.6. The maximum Gasteiger partial charge on any atom is 2.00 e. The molecule has 1 N–H and O–H groups in total.